The lowest BCUT2D eigenvalue weighted by molar-refractivity contribution is -0.131. The molecule has 0 unspecified atom stereocenters. The molecule has 0 aromatic carbocycles. The second kappa shape index (κ2) is 5.60. The molecular formula is C9H16FNOS. The average molecular weight is 205 g/mol. The van der Waals surface area contributed by atoms with Gasteiger partial charge in [0.25, 0.3) is 0 Å². The van der Waals surface area contributed by atoms with Gasteiger partial charge < -0.3 is 5.32 Å². The van der Waals surface area contributed by atoms with Crippen molar-refractivity contribution in [3.8, 4) is 0 Å². The maximum absolute atomic E-state index is 12.4. The molecule has 0 aromatic heterocycles. The highest BCUT2D eigenvalue weighted by atomic mass is 32.1. The Kier molecular flexibility index (Phi) is 4.73. The molecule has 0 heterocycles. The molecule has 76 valence electrons. The summed E-state index contributed by atoms with van der Waals surface area (Å²) >= 11 is 3.93. The third-order valence-corrected chi connectivity index (χ3v) is 2.86. The number of nitrogens with one attached hydrogen (secondary N) is 1. The zero-order valence-corrected chi connectivity index (χ0v) is 8.53. The molecule has 1 saturated carbocycles. The van der Waals surface area contributed by atoms with Crippen LogP contribution in [0.4, 0.5) is 4.39 Å². The molecule has 13 heavy (non-hydrogen) atoms. The quantitative estimate of drug-likeness (QED) is 0.540. The third kappa shape index (κ3) is 3.65. The molecule has 1 atom stereocenters. The average Bonchev–Trinajstić information content (AvgIpc) is 2.15. The van der Waals surface area contributed by atoms with Gasteiger partial charge in [0.1, 0.15) is 6.04 Å². The highest BCUT2D eigenvalue weighted by Gasteiger charge is 2.21. The molecular weight excluding hydrogens is 189 g/mol. The van der Waals surface area contributed by atoms with Crippen LogP contribution in [-0.2, 0) is 4.79 Å². The monoisotopic (exact) mass is 205 g/mol. The Morgan fingerprint density at radius 1 is 1.46 bits per heavy atom. The van der Waals surface area contributed by atoms with Gasteiger partial charge in [-0.3, -0.25) is 4.79 Å². The van der Waals surface area contributed by atoms with E-state index in [1.54, 1.807) is 0 Å². The van der Waals surface area contributed by atoms with E-state index in [4.69, 9.17) is 0 Å². The van der Waals surface area contributed by atoms with Gasteiger partial charge in [0.2, 0.25) is 0 Å². The Balaban J connectivity index is 2.31. The van der Waals surface area contributed by atoms with E-state index in [2.05, 4.69) is 17.9 Å². The summed E-state index contributed by atoms with van der Waals surface area (Å²) < 4.78 is 12.4. The lowest BCUT2D eigenvalue weighted by Crippen LogP contribution is -2.44. The summed E-state index contributed by atoms with van der Waals surface area (Å²) in [6, 6.07) is -1.68. The van der Waals surface area contributed by atoms with Crippen molar-refractivity contribution in [1.82, 2.24) is 5.32 Å². The van der Waals surface area contributed by atoms with Crippen LogP contribution >= 0.6 is 12.6 Å². The standard InChI is InChI=1S/C9H16FNOS/c10-9(12)8(6-13)11-7-4-2-1-3-5-7/h7-8,11,13H,1-6H2/t8-/m0/s1. The Bertz CT molecular complexity index is 171. The van der Waals surface area contributed by atoms with E-state index in [0.717, 1.165) is 12.8 Å². The summed E-state index contributed by atoms with van der Waals surface area (Å²) in [6.07, 6.45) is 5.72. The van der Waals surface area contributed by atoms with E-state index in [0.29, 0.717) is 6.04 Å². The fraction of sp³-hybridized carbons (Fsp3) is 0.889. The Labute approximate surface area is 83.7 Å². The number of carbonyl (C=O) groups excluding carboxylic acids is 1. The summed E-state index contributed by atoms with van der Waals surface area (Å²) in [5.41, 5.74) is 0. The fourth-order valence-electron chi connectivity index (χ4n) is 1.74. The highest BCUT2D eigenvalue weighted by Crippen LogP contribution is 2.18. The molecule has 1 fully saturated rings. The maximum atomic E-state index is 12.4. The van der Waals surface area contributed by atoms with Crippen LogP contribution in [0.2, 0.25) is 0 Å². The molecule has 0 saturated heterocycles. The van der Waals surface area contributed by atoms with E-state index in [-0.39, 0.29) is 5.75 Å². The second-order valence-electron chi connectivity index (χ2n) is 3.54. The molecule has 1 rings (SSSR count). The van der Waals surface area contributed by atoms with Crippen LogP contribution in [0.1, 0.15) is 32.1 Å². The van der Waals surface area contributed by atoms with Crippen molar-refractivity contribution >= 4 is 18.7 Å². The van der Waals surface area contributed by atoms with Gasteiger partial charge in [0.15, 0.2) is 0 Å². The van der Waals surface area contributed by atoms with Gasteiger partial charge in [-0.2, -0.15) is 17.0 Å². The number of hydrogen-bond donors (Lipinski definition) is 2. The molecule has 1 aliphatic carbocycles. The molecule has 0 aromatic rings. The van der Waals surface area contributed by atoms with Gasteiger partial charge in [0.05, 0.1) is 0 Å². The summed E-state index contributed by atoms with van der Waals surface area (Å²) in [6.45, 7) is 0. The molecule has 0 bridgehead atoms. The van der Waals surface area contributed by atoms with Crippen molar-refractivity contribution in [2.75, 3.05) is 5.75 Å². The number of rotatable bonds is 4. The zero-order chi connectivity index (χ0) is 9.68. The zero-order valence-electron chi connectivity index (χ0n) is 7.63. The van der Waals surface area contributed by atoms with Crippen LogP contribution in [-0.4, -0.2) is 23.9 Å². The van der Waals surface area contributed by atoms with Crippen LogP contribution in [0.15, 0.2) is 0 Å². The Morgan fingerprint density at radius 2 is 2.08 bits per heavy atom. The van der Waals surface area contributed by atoms with Gasteiger partial charge in [-0.1, -0.05) is 19.3 Å². The van der Waals surface area contributed by atoms with Gasteiger partial charge in [-0.25, -0.2) is 0 Å². The summed E-state index contributed by atoms with van der Waals surface area (Å²) in [7, 11) is 0. The molecule has 4 heteroatoms. The second-order valence-corrected chi connectivity index (χ2v) is 3.91. The van der Waals surface area contributed by atoms with E-state index in [9.17, 15) is 9.18 Å². The minimum atomic E-state index is -1.29. The first-order chi connectivity index (χ1) is 6.24. The van der Waals surface area contributed by atoms with Crippen molar-refractivity contribution in [3.63, 3.8) is 0 Å². The lowest BCUT2D eigenvalue weighted by Gasteiger charge is -2.25. The molecule has 1 aliphatic rings. The topological polar surface area (TPSA) is 29.1 Å². The van der Waals surface area contributed by atoms with Gasteiger partial charge in [0, 0.05) is 11.8 Å². The Hall–Kier alpha value is -0.0900. The first-order valence-electron chi connectivity index (χ1n) is 4.80. The predicted molar refractivity (Wildman–Crippen MR) is 53.8 cm³/mol. The van der Waals surface area contributed by atoms with Crippen LogP contribution in [0.25, 0.3) is 0 Å². The molecule has 0 radical (unpaired) electrons. The first-order valence-corrected chi connectivity index (χ1v) is 5.43. The first kappa shape index (κ1) is 11.0. The predicted octanol–water partition coefficient (Wildman–Crippen LogP) is 1.70. The number of halogens is 1. The van der Waals surface area contributed by atoms with Crippen LogP contribution in [0.3, 0.4) is 0 Å². The van der Waals surface area contributed by atoms with E-state index in [1.165, 1.54) is 19.3 Å². The van der Waals surface area contributed by atoms with Gasteiger partial charge >= 0.3 is 6.04 Å². The molecule has 2 nitrogen and oxygen atoms in total. The van der Waals surface area contributed by atoms with Crippen molar-refractivity contribution in [2.24, 2.45) is 0 Å². The van der Waals surface area contributed by atoms with Crippen molar-refractivity contribution in [3.05, 3.63) is 0 Å². The molecule has 1 N–H and O–H groups in total. The molecule has 0 amide bonds. The maximum Gasteiger partial charge on any atom is 0.319 e. The van der Waals surface area contributed by atoms with Crippen molar-refractivity contribution in [1.29, 1.82) is 0 Å². The van der Waals surface area contributed by atoms with E-state index in [1.807, 2.05) is 0 Å². The molecule has 0 aliphatic heterocycles. The van der Waals surface area contributed by atoms with Crippen LogP contribution in [0, 0.1) is 0 Å². The van der Waals surface area contributed by atoms with Crippen LogP contribution < -0.4 is 5.32 Å². The number of thiol groups is 1. The normalized spacial score (nSPS) is 21.4. The van der Waals surface area contributed by atoms with Crippen molar-refractivity contribution in [2.45, 2.75) is 44.2 Å². The minimum absolute atomic E-state index is 0.242. The summed E-state index contributed by atoms with van der Waals surface area (Å²) in [5.74, 6) is 0.242. The minimum Gasteiger partial charge on any atom is -0.302 e. The third-order valence-electron chi connectivity index (χ3n) is 2.50. The summed E-state index contributed by atoms with van der Waals surface area (Å²) in [5, 5.41) is 3.00. The van der Waals surface area contributed by atoms with Gasteiger partial charge in [-0.05, 0) is 12.8 Å². The van der Waals surface area contributed by atoms with E-state index < -0.39 is 12.1 Å². The number of carbonyl (C=O) groups is 1. The van der Waals surface area contributed by atoms with Crippen molar-refractivity contribution < 1.29 is 9.18 Å². The smallest absolute Gasteiger partial charge is 0.302 e. The lowest BCUT2D eigenvalue weighted by atomic mass is 9.95. The number of hydrogen-bond acceptors (Lipinski definition) is 3. The fourth-order valence-corrected chi connectivity index (χ4v) is 1.99. The van der Waals surface area contributed by atoms with E-state index >= 15 is 0 Å². The summed E-state index contributed by atoms with van der Waals surface area (Å²) in [4.78, 5) is 10.5. The molecule has 0 spiro atoms. The highest BCUT2D eigenvalue weighted by molar-refractivity contribution is 7.80. The van der Waals surface area contributed by atoms with Crippen LogP contribution in [0.5, 0.6) is 0 Å². The SMILES string of the molecule is O=C(F)[C@H](CS)NC1CCCCC1. The van der Waals surface area contributed by atoms with Gasteiger partial charge in [-0.15, -0.1) is 0 Å². The Morgan fingerprint density at radius 3 is 2.54 bits per heavy atom. The largest absolute Gasteiger partial charge is 0.319 e.